The Balaban J connectivity index is 0.000000725. The van der Waals surface area contributed by atoms with Gasteiger partial charge in [-0.3, -0.25) is 26.3 Å². The highest BCUT2D eigenvalue weighted by Gasteiger charge is 2.34. The van der Waals surface area contributed by atoms with Crippen LogP contribution in [0.15, 0.2) is 0 Å². The molecule has 0 spiro atoms. The van der Waals surface area contributed by atoms with E-state index in [0.29, 0.717) is 6.04 Å². The smallest absolute Gasteiger partial charge is 0.422 e. The van der Waals surface area contributed by atoms with Crippen LogP contribution in [0.3, 0.4) is 0 Å². The number of hydrazine groups is 2. The van der Waals surface area contributed by atoms with Gasteiger partial charge >= 0.3 is 12.2 Å². The first-order chi connectivity index (χ1) is 16.5. The Bertz CT molecular complexity index is 726. The van der Waals surface area contributed by atoms with Crippen LogP contribution in [-0.4, -0.2) is 88.3 Å². The van der Waals surface area contributed by atoms with Gasteiger partial charge in [-0.2, -0.15) is 9.59 Å². The SMILES string of the molecule is CC(=O)N1CCC(N(NC(=O)OC(C)(C)C)C(C)(C)C)CC1.CC(=O)N1CCC(NN)CC1.O=C=O. The van der Waals surface area contributed by atoms with E-state index >= 15 is 0 Å². The summed E-state index contributed by atoms with van der Waals surface area (Å²) in [7, 11) is 0. The van der Waals surface area contributed by atoms with Crippen molar-refractivity contribution in [2.24, 2.45) is 5.84 Å². The van der Waals surface area contributed by atoms with E-state index in [2.05, 4.69) is 31.6 Å². The summed E-state index contributed by atoms with van der Waals surface area (Å²) in [5, 5.41) is 1.97. The lowest BCUT2D eigenvalue weighted by Gasteiger charge is -2.44. The van der Waals surface area contributed by atoms with Crippen LogP contribution in [0.2, 0.25) is 0 Å². The van der Waals surface area contributed by atoms with E-state index in [1.165, 1.54) is 0 Å². The molecule has 0 atom stereocenters. The fourth-order valence-electron chi connectivity index (χ4n) is 4.01. The lowest BCUT2D eigenvalue weighted by atomic mass is 9.98. The van der Waals surface area contributed by atoms with Crippen molar-refractivity contribution in [1.82, 2.24) is 25.7 Å². The number of amides is 3. The minimum atomic E-state index is -0.522. The Morgan fingerprint density at radius 2 is 1.25 bits per heavy atom. The zero-order valence-corrected chi connectivity index (χ0v) is 23.2. The molecule has 2 aliphatic heterocycles. The zero-order chi connectivity index (χ0) is 28.1. The Labute approximate surface area is 215 Å². The predicted molar refractivity (Wildman–Crippen MR) is 134 cm³/mol. The number of nitrogens with zero attached hydrogens (tertiary/aromatic N) is 3. The summed E-state index contributed by atoms with van der Waals surface area (Å²) in [6.07, 6.45) is 3.43. The van der Waals surface area contributed by atoms with Crippen LogP contribution in [0.5, 0.6) is 0 Å². The lowest BCUT2D eigenvalue weighted by molar-refractivity contribution is -0.191. The monoisotopic (exact) mass is 514 g/mol. The van der Waals surface area contributed by atoms with Crippen molar-refractivity contribution < 1.29 is 28.7 Å². The molecule has 12 heteroatoms. The van der Waals surface area contributed by atoms with Crippen molar-refractivity contribution >= 4 is 24.1 Å². The number of nitrogens with one attached hydrogen (secondary N) is 2. The molecule has 0 aromatic heterocycles. The number of ether oxygens (including phenoxy) is 1. The zero-order valence-electron chi connectivity index (χ0n) is 23.2. The maximum Gasteiger partial charge on any atom is 0.422 e. The van der Waals surface area contributed by atoms with Crippen LogP contribution >= 0.6 is 0 Å². The summed E-state index contributed by atoms with van der Waals surface area (Å²) in [5.74, 6) is 5.55. The molecular weight excluding hydrogens is 468 g/mol. The van der Waals surface area contributed by atoms with Gasteiger partial charge in [0.1, 0.15) is 5.60 Å². The molecule has 2 rings (SSSR count). The molecule has 2 saturated heterocycles. The lowest BCUT2D eigenvalue weighted by Crippen LogP contribution is -2.60. The second-order valence-corrected chi connectivity index (χ2v) is 10.9. The van der Waals surface area contributed by atoms with Gasteiger partial charge in [-0.05, 0) is 67.2 Å². The molecule has 2 fully saturated rings. The van der Waals surface area contributed by atoms with E-state index in [4.69, 9.17) is 20.2 Å². The molecule has 0 unspecified atom stereocenters. The van der Waals surface area contributed by atoms with Crippen molar-refractivity contribution in [2.75, 3.05) is 26.2 Å². The highest BCUT2D eigenvalue weighted by Crippen LogP contribution is 2.23. The van der Waals surface area contributed by atoms with E-state index < -0.39 is 11.7 Å². The third-order valence-electron chi connectivity index (χ3n) is 5.78. The number of hydrogen-bond donors (Lipinski definition) is 3. The fraction of sp³-hybridized carbons (Fsp3) is 0.833. The number of nitrogens with two attached hydrogens (primary N) is 1. The molecule has 0 saturated carbocycles. The molecule has 12 nitrogen and oxygen atoms in total. The highest BCUT2D eigenvalue weighted by atomic mass is 16.6. The average Bonchev–Trinajstić information content (AvgIpc) is 2.76. The van der Waals surface area contributed by atoms with Gasteiger partial charge in [-0.1, -0.05) is 0 Å². The van der Waals surface area contributed by atoms with E-state index in [0.717, 1.165) is 51.9 Å². The number of carbonyl (C=O) groups excluding carboxylic acids is 5. The van der Waals surface area contributed by atoms with Gasteiger partial charge in [0, 0.05) is 57.6 Å². The van der Waals surface area contributed by atoms with E-state index in [1.807, 2.05) is 35.6 Å². The molecule has 0 aromatic carbocycles. The van der Waals surface area contributed by atoms with Crippen molar-refractivity contribution in [3.05, 3.63) is 0 Å². The minimum Gasteiger partial charge on any atom is -0.443 e. The number of carbonyl (C=O) groups is 3. The van der Waals surface area contributed by atoms with Crippen LogP contribution < -0.4 is 16.7 Å². The summed E-state index contributed by atoms with van der Waals surface area (Å²) in [5.41, 5.74) is 4.88. The Hall–Kier alpha value is -2.53. The topological polar surface area (TPSA) is 154 Å². The Morgan fingerprint density at radius 1 is 0.861 bits per heavy atom. The maximum absolute atomic E-state index is 12.1. The molecule has 3 amide bonds. The molecule has 0 radical (unpaired) electrons. The van der Waals surface area contributed by atoms with Crippen molar-refractivity contribution in [3.8, 4) is 0 Å². The molecule has 0 bridgehead atoms. The summed E-state index contributed by atoms with van der Waals surface area (Å²) in [6, 6.07) is 0.591. The van der Waals surface area contributed by atoms with Gasteiger partial charge in [-0.25, -0.2) is 9.80 Å². The summed E-state index contributed by atoms with van der Waals surface area (Å²) >= 11 is 0. The molecule has 0 aliphatic carbocycles. The number of likely N-dealkylation sites (tertiary alicyclic amines) is 2. The highest BCUT2D eigenvalue weighted by molar-refractivity contribution is 5.73. The molecular formula is C24H46N6O6. The molecule has 208 valence electrons. The third-order valence-corrected chi connectivity index (χ3v) is 5.78. The van der Waals surface area contributed by atoms with Gasteiger partial charge in [-0.15, -0.1) is 0 Å². The number of piperidine rings is 2. The van der Waals surface area contributed by atoms with Crippen LogP contribution in [0.25, 0.3) is 0 Å². The van der Waals surface area contributed by atoms with Gasteiger partial charge in [0.25, 0.3) is 0 Å². The summed E-state index contributed by atoms with van der Waals surface area (Å²) < 4.78 is 5.36. The van der Waals surface area contributed by atoms with Crippen LogP contribution in [0, 0.1) is 0 Å². The van der Waals surface area contributed by atoms with E-state index in [1.54, 1.807) is 13.8 Å². The number of hydrogen-bond acceptors (Lipinski definition) is 9. The average molecular weight is 515 g/mol. The molecule has 2 aliphatic rings. The summed E-state index contributed by atoms with van der Waals surface area (Å²) in [6.45, 7) is 18.0. The van der Waals surface area contributed by atoms with E-state index in [-0.39, 0.29) is 29.5 Å². The van der Waals surface area contributed by atoms with Crippen LogP contribution in [-0.2, 0) is 23.9 Å². The Kier molecular flexibility index (Phi) is 14.5. The Morgan fingerprint density at radius 3 is 1.56 bits per heavy atom. The van der Waals surface area contributed by atoms with Gasteiger partial charge in [0.2, 0.25) is 11.8 Å². The van der Waals surface area contributed by atoms with Crippen LogP contribution in [0.1, 0.15) is 81.1 Å². The molecule has 4 N–H and O–H groups in total. The second-order valence-electron chi connectivity index (χ2n) is 10.9. The van der Waals surface area contributed by atoms with E-state index in [9.17, 15) is 14.4 Å². The quantitative estimate of drug-likeness (QED) is 0.374. The maximum atomic E-state index is 12.1. The summed E-state index contributed by atoms with van der Waals surface area (Å²) in [4.78, 5) is 54.3. The third kappa shape index (κ3) is 13.5. The van der Waals surface area contributed by atoms with Gasteiger partial charge < -0.3 is 14.5 Å². The molecule has 36 heavy (non-hydrogen) atoms. The van der Waals surface area contributed by atoms with Crippen molar-refractivity contribution in [1.29, 1.82) is 0 Å². The van der Waals surface area contributed by atoms with Crippen molar-refractivity contribution in [2.45, 2.75) is 104 Å². The van der Waals surface area contributed by atoms with Crippen LogP contribution in [0.4, 0.5) is 4.79 Å². The van der Waals surface area contributed by atoms with Gasteiger partial charge in [0.05, 0.1) is 0 Å². The first-order valence-corrected chi connectivity index (χ1v) is 12.3. The standard InChI is InChI=1S/C16H31N3O3.C7H15N3O.CO2/c1-12(20)18-10-8-13(9-11-18)19(15(2,3)4)17-14(21)22-16(5,6)7;1-6(11)10-4-2-7(9-8)3-5-10;2-1-3/h13H,8-11H2,1-7H3,(H,17,21);7,9H,2-5,8H2,1H3;. The number of rotatable bonds is 3. The first-order valence-electron chi connectivity index (χ1n) is 12.3. The van der Waals surface area contributed by atoms with Gasteiger partial charge in [0.15, 0.2) is 0 Å². The molecule has 2 heterocycles. The molecule has 0 aromatic rings. The fourth-order valence-corrected chi connectivity index (χ4v) is 4.01. The normalized spacial score (nSPS) is 17.2. The van der Waals surface area contributed by atoms with Crippen molar-refractivity contribution in [3.63, 3.8) is 0 Å². The largest absolute Gasteiger partial charge is 0.443 e. The first kappa shape index (κ1) is 33.5. The predicted octanol–water partition coefficient (Wildman–Crippen LogP) is 1.41. The minimum absolute atomic E-state index is 0.112. The second kappa shape index (κ2) is 15.6.